The third-order valence-electron chi connectivity index (χ3n) is 2.89. The highest BCUT2D eigenvalue weighted by atomic mass is 16.2. The van der Waals surface area contributed by atoms with Crippen molar-refractivity contribution in [3.05, 3.63) is 0 Å². The molecule has 1 aliphatic rings. The van der Waals surface area contributed by atoms with Gasteiger partial charge in [0.25, 0.3) is 0 Å². The molecule has 6 heteroatoms. The molecular weight excluding hydrogens is 196 g/mol. The lowest BCUT2D eigenvalue weighted by Crippen LogP contribution is -2.51. The van der Waals surface area contributed by atoms with Crippen molar-refractivity contribution in [2.45, 2.75) is 19.3 Å². The molecule has 1 fully saturated rings. The van der Waals surface area contributed by atoms with Gasteiger partial charge in [0.15, 0.2) is 0 Å². The minimum Gasteiger partial charge on any atom is -0.354 e. The van der Waals surface area contributed by atoms with Crippen molar-refractivity contribution < 1.29 is 9.59 Å². The molecule has 0 aromatic carbocycles. The van der Waals surface area contributed by atoms with Crippen LogP contribution in [0.25, 0.3) is 0 Å². The number of hydrogen-bond acceptors (Lipinski definition) is 3. The molecule has 0 aliphatic heterocycles. The second kappa shape index (κ2) is 4.97. The summed E-state index contributed by atoms with van der Waals surface area (Å²) in [6.45, 7) is 1.13. The zero-order valence-corrected chi connectivity index (χ0v) is 8.71. The van der Waals surface area contributed by atoms with E-state index in [1.54, 1.807) is 0 Å². The van der Waals surface area contributed by atoms with Gasteiger partial charge in [0.2, 0.25) is 5.91 Å². The summed E-state index contributed by atoms with van der Waals surface area (Å²) in [4.78, 5) is 22.0. The van der Waals surface area contributed by atoms with Crippen molar-refractivity contribution in [3.8, 4) is 0 Å². The quantitative estimate of drug-likeness (QED) is 0.436. The fourth-order valence-electron chi connectivity index (χ4n) is 1.68. The monoisotopic (exact) mass is 214 g/mol. The maximum atomic E-state index is 11.7. The first-order valence-corrected chi connectivity index (χ1v) is 5.12. The number of hydrogen-bond donors (Lipinski definition) is 4. The van der Waals surface area contributed by atoms with Gasteiger partial charge < -0.3 is 22.1 Å². The van der Waals surface area contributed by atoms with Crippen LogP contribution in [0.3, 0.4) is 0 Å². The zero-order valence-electron chi connectivity index (χ0n) is 8.71. The number of carbonyl (C=O) groups excluding carboxylic acids is 2. The minimum absolute atomic E-state index is 0.0116. The molecule has 15 heavy (non-hydrogen) atoms. The van der Waals surface area contributed by atoms with Gasteiger partial charge in [-0.3, -0.25) is 4.79 Å². The third-order valence-corrected chi connectivity index (χ3v) is 2.89. The summed E-state index contributed by atoms with van der Waals surface area (Å²) < 4.78 is 0. The standard InChI is InChI=1S/C9H18N4O2/c10-6-9(2-1-3-9)7(14)12-4-5-13-8(11)15/h1-6,10H2,(H,12,14)(H3,11,13,15). The van der Waals surface area contributed by atoms with E-state index in [4.69, 9.17) is 11.5 Å². The van der Waals surface area contributed by atoms with Crippen LogP contribution in [0, 0.1) is 5.41 Å². The van der Waals surface area contributed by atoms with E-state index < -0.39 is 6.03 Å². The maximum Gasteiger partial charge on any atom is 0.312 e. The predicted molar refractivity (Wildman–Crippen MR) is 55.9 cm³/mol. The first-order valence-electron chi connectivity index (χ1n) is 5.12. The van der Waals surface area contributed by atoms with Crippen molar-refractivity contribution in [1.82, 2.24) is 10.6 Å². The summed E-state index contributed by atoms with van der Waals surface area (Å²) in [5.41, 5.74) is 10.1. The van der Waals surface area contributed by atoms with Gasteiger partial charge in [-0.1, -0.05) is 6.42 Å². The van der Waals surface area contributed by atoms with E-state index in [1.807, 2.05) is 0 Å². The molecule has 6 N–H and O–H groups in total. The summed E-state index contributed by atoms with van der Waals surface area (Å²) in [7, 11) is 0. The molecule has 0 heterocycles. The average molecular weight is 214 g/mol. The van der Waals surface area contributed by atoms with E-state index in [0.717, 1.165) is 19.3 Å². The molecule has 0 bridgehead atoms. The summed E-state index contributed by atoms with van der Waals surface area (Å²) in [6, 6.07) is -0.582. The van der Waals surface area contributed by atoms with Crippen LogP contribution in [0.2, 0.25) is 0 Å². The van der Waals surface area contributed by atoms with Gasteiger partial charge in [0, 0.05) is 19.6 Å². The predicted octanol–water partition coefficient (Wildman–Crippen LogP) is -1.10. The van der Waals surface area contributed by atoms with Gasteiger partial charge >= 0.3 is 6.03 Å². The average Bonchev–Trinajstić information content (AvgIpc) is 2.11. The Morgan fingerprint density at radius 3 is 2.20 bits per heavy atom. The fourth-order valence-corrected chi connectivity index (χ4v) is 1.68. The summed E-state index contributed by atoms with van der Waals surface area (Å²) >= 11 is 0. The minimum atomic E-state index is -0.582. The van der Waals surface area contributed by atoms with Crippen LogP contribution < -0.4 is 22.1 Å². The van der Waals surface area contributed by atoms with Crippen LogP contribution in [0.5, 0.6) is 0 Å². The summed E-state index contributed by atoms with van der Waals surface area (Å²) in [6.07, 6.45) is 2.78. The normalized spacial score (nSPS) is 17.7. The second-order valence-electron chi connectivity index (χ2n) is 3.88. The molecule has 86 valence electrons. The largest absolute Gasteiger partial charge is 0.354 e. The molecule has 0 aromatic heterocycles. The first kappa shape index (κ1) is 11.8. The molecule has 0 radical (unpaired) electrons. The van der Waals surface area contributed by atoms with Crippen molar-refractivity contribution in [2.75, 3.05) is 19.6 Å². The highest BCUT2D eigenvalue weighted by Crippen LogP contribution is 2.39. The number of nitrogens with one attached hydrogen (secondary N) is 2. The van der Waals surface area contributed by atoms with E-state index in [9.17, 15) is 9.59 Å². The Morgan fingerprint density at radius 2 is 1.80 bits per heavy atom. The molecule has 0 spiro atoms. The van der Waals surface area contributed by atoms with Crippen LogP contribution in [0.1, 0.15) is 19.3 Å². The first-order chi connectivity index (χ1) is 7.10. The Labute approximate surface area is 88.8 Å². The molecule has 0 saturated heterocycles. The Balaban J connectivity index is 2.21. The third kappa shape index (κ3) is 2.82. The van der Waals surface area contributed by atoms with E-state index in [1.165, 1.54) is 0 Å². The lowest BCUT2D eigenvalue weighted by Gasteiger charge is -2.39. The van der Waals surface area contributed by atoms with Gasteiger partial charge in [-0.05, 0) is 12.8 Å². The lowest BCUT2D eigenvalue weighted by molar-refractivity contribution is -0.135. The number of amides is 3. The van der Waals surface area contributed by atoms with Gasteiger partial charge in [0.05, 0.1) is 5.41 Å². The van der Waals surface area contributed by atoms with E-state index in [2.05, 4.69) is 10.6 Å². The Hall–Kier alpha value is -1.30. The van der Waals surface area contributed by atoms with Gasteiger partial charge in [0.1, 0.15) is 0 Å². The van der Waals surface area contributed by atoms with Crippen molar-refractivity contribution in [2.24, 2.45) is 16.9 Å². The molecule has 1 aliphatic carbocycles. The van der Waals surface area contributed by atoms with Gasteiger partial charge in [-0.25, -0.2) is 4.79 Å². The number of primary amides is 1. The molecule has 0 unspecified atom stereocenters. The highest BCUT2D eigenvalue weighted by molar-refractivity contribution is 5.83. The zero-order chi connectivity index (χ0) is 11.3. The topological polar surface area (TPSA) is 110 Å². The molecule has 6 nitrogen and oxygen atoms in total. The van der Waals surface area contributed by atoms with Crippen LogP contribution in [0.15, 0.2) is 0 Å². The molecule has 1 saturated carbocycles. The van der Waals surface area contributed by atoms with Crippen molar-refractivity contribution in [3.63, 3.8) is 0 Å². The summed E-state index contributed by atoms with van der Waals surface area (Å²) in [5, 5.41) is 5.14. The second-order valence-corrected chi connectivity index (χ2v) is 3.88. The maximum absolute atomic E-state index is 11.7. The Kier molecular flexibility index (Phi) is 3.90. The number of urea groups is 1. The Morgan fingerprint density at radius 1 is 1.20 bits per heavy atom. The molecule has 0 aromatic rings. The number of rotatable bonds is 5. The van der Waals surface area contributed by atoms with Crippen LogP contribution in [-0.4, -0.2) is 31.6 Å². The molecule has 3 amide bonds. The van der Waals surface area contributed by atoms with Gasteiger partial charge in [-0.15, -0.1) is 0 Å². The smallest absolute Gasteiger partial charge is 0.312 e. The highest BCUT2D eigenvalue weighted by Gasteiger charge is 2.42. The molecule has 0 atom stereocenters. The Bertz CT molecular complexity index is 245. The van der Waals surface area contributed by atoms with Crippen LogP contribution in [0.4, 0.5) is 4.79 Å². The summed E-state index contributed by atoms with van der Waals surface area (Å²) in [5.74, 6) is -0.0116. The van der Waals surface area contributed by atoms with E-state index >= 15 is 0 Å². The van der Waals surface area contributed by atoms with Crippen molar-refractivity contribution in [1.29, 1.82) is 0 Å². The van der Waals surface area contributed by atoms with E-state index in [-0.39, 0.29) is 11.3 Å². The van der Waals surface area contributed by atoms with Crippen LogP contribution >= 0.6 is 0 Å². The number of nitrogens with two attached hydrogens (primary N) is 2. The van der Waals surface area contributed by atoms with Crippen molar-refractivity contribution >= 4 is 11.9 Å². The fraction of sp³-hybridized carbons (Fsp3) is 0.778. The van der Waals surface area contributed by atoms with Gasteiger partial charge in [-0.2, -0.15) is 0 Å². The molecular formula is C9H18N4O2. The van der Waals surface area contributed by atoms with E-state index in [0.29, 0.717) is 19.6 Å². The molecule has 1 rings (SSSR count). The number of carbonyl (C=O) groups is 2. The lowest BCUT2D eigenvalue weighted by atomic mass is 9.68. The van der Waals surface area contributed by atoms with Crippen LogP contribution in [-0.2, 0) is 4.79 Å². The SMILES string of the molecule is NCC1(C(=O)NCCNC(N)=O)CCC1.